The molecule has 0 radical (unpaired) electrons. The van der Waals surface area contributed by atoms with Crippen molar-refractivity contribution in [2.45, 2.75) is 32.4 Å². The van der Waals surface area contributed by atoms with Gasteiger partial charge in [-0.05, 0) is 43.0 Å². The van der Waals surface area contributed by atoms with Crippen LogP contribution in [0.2, 0.25) is 0 Å². The molecule has 4 rings (SSSR count). The smallest absolute Gasteiger partial charge is 0.291 e. The standard InChI is InChI=1S/C25H29N3O3S/c1-18-7-8-20(15-22(18)27-25(30)23-17-32-14-13-31-23)24(29)26-21-9-11-28(12-10-21)16-19-5-3-2-4-6-19/h2-8,15,17,21H,9-14,16H2,1H3,(H,26,29)(H,27,30). The maximum absolute atomic E-state index is 12.9. The van der Waals surface area contributed by atoms with Gasteiger partial charge in [0.1, 0.15) is 0 Å². The number of piperidine rings is 1. The number of ether oxygens (including phenoxy) is 1. The molecule has 0 aliphatic carbocycles. The van der Waals surface area contributed by atoms with E-state index in [1.807, 2.05) is 19.1 Å². The number of amides is 2. The number of aryl methyl sites for hydroxylation is 1. The number of likely N-dealkylation sites (tertiary alicyclic amines) is 1. The molecule has 0 spiro atoms. The molecule has 2 aliphatic rings. The number of thioether (sulfide) groups is 1. The maximum Gasteiger partial charge on any atom is 0.291 e. The minimum absolute atomic E-state index is 0.106. The highest BCUT2D eigenvalue weighted by Crippen LogP contribution is 2.21. The molecule has 2 amide bonds. The van der Waals surface area contributed by atoms with Crippen LogP contribution < -0.4 is 10.6 Å². The van der Waals surface area contributed by atoms with Crippen LogP contribution in [0.1, 0.15) is 34.3 Å². The van der Waals surface area contributed by atoms with Gasteiger partial charge in [0.05, 0.1) is 6.61 Å². The molecule has 2 aliphatic heterocycles. The lowest BCUT2D eigenvalue weighted by Crippen LogP contribution is -2.44. The van der Waals surface area contributed by atoms with Gasteiger partial charge in [-0.1, -0.05) is 36.4 Å². The topological polar surface area (TPSA) is 70.7 Å². The van der Waals surface area contributed by atoms with E-state index in [0.29, 0.717) is 23.6 Å². The third-order valence-corrected chi connectivity index (χ3v) is 6.58. The van der Waals surface area contributed by atoms with Crippen molar-refractivity contribution in [1.29, 1.82) is 0 Å². The van der Waals surface area contributed by atoms with Gasteiger partial charge in [0.2, 0.25) is 0 Å². The van der Waals surface area contributed by atoms with E-state index in [4.69, 9.17) is 4.74 Å². The van der Waals surface area contributed by atoms with Gasteiger partial charge in [0.15, 0.2) is 5.76 Å². The highest BCUT2D eigenvalue weighted by molar-refractivity contribution is 8.02. The average Bonchev–Trinajstić information content (AvgIpc) is 2.83. The Bertz CT molecular complexity index is 985. The molecule has 0 atom stereocenters. The Labute approximate surface area is 193 Å². The van der Waals surface area contributed by atoms with Crippen molar-refractivity contribution in [3.8, 4) is 0 Å². The van der Waals surface area contributed by atoms with Crippen LogP contribution in [0.25, 0.3) is 0 Å². The first-order chi connectivity index (χ1) is 15.6. The zero-order chi connectivity index (χ0) is 22.3. The van der Waals surface area contributed by atoms with Crippen LogP contribution >= 0.6 is 11.8 Å². The second-order valence-corrected chi connectivity index (χ2v) is 9.17. The number of anilines is 1. The summed E-state index contributed by atoms with van der Waals surface area (Å²) in [6.07, 6.45) is 1.86. The van der Waals surface area contributed by atoms with Crippen molar-refractivity contribution in [2.75, 3.05) is 30.8 Å². The summed E-state index contributed by atoms with van der Waals surface area (Å²) in [4.78, 5) is 27.7. The first kappa shape index (κ1) is 22.4. The maximum atomic E-state index is 12.9. The molecule has 32 heavy (non-hydrogen) atoms. The second-order valence-electron chi connectivity index (χ2n) is 8.19. The van der Waals surface area contributed by atoms with Gasteiger partial charge in [0.25, 0.3) is 11.8 Å². The molecule has 2 aromatic carbocycles. The minimum atomic E-state index is -0.288. The molecule has 1 saturated heterocycles. The summed E-state index contributed by atoms with van der Waals surface area (Å²) in [7, 11) is 0. The fourth-order valence-corrected chi connectivity index (χ4v) is 4.54. The number of hydrogen-bond donors (Lipinski definition) is 2. The van der Waals surface area contributed by atoms with Crippen LogP contribution in [-0.4, -0.2) is 48.2 Å². The van der Waals surface area contributed by atoms with Crippen molar-refractivity contribution in [2.24, 2.45) is 0 Å². The lowest BCUT2D eigenvalue weighted by atomic mass is 10.0. The lowest BCUT2D eigenvalue weighted by molar-refractivity contribution is -0.116. The largest absolute Gasteiger partial charge is 0.487 e. The van der Waals surface area contributed by atoms with Crippen LogP contribution in [0, 0.1) is 6.92 Å². The summed E-state index contributed by atoms with van der Waals surface area (Å²) in [5.41, 5.74) is 3.39. The average molecular weight is 452 g/mol. The number of nitrogens with zero attached hydrogens (tertiary/aromatic N) is 1. The van der Waals surface area contributed by atoms with Gasteiger partial charge < -0.3 is 15.4 Å². The summed E-state index contributed by atoms with van der Waals surface area (Å²) < 4.78 is 5.42. The highest BCUT2D eigenvalue weighted by Gasteiger charge is 2.22. The van der Waals surface area contributed by atoms with Gasteiger partial charge in [-0.25, -0.2) is 0 Å². The Balaban J connectivity index is 1.31. The molecule has 0 saturated carbocycles. The first-order valence-corrected chi connectivity index (χ1v) is 12.1. The molecule has 0 unspecified atom stereocenters. The number of nitrogens with one attached hydrogen (secondary N) is 2. The molecule has 2 N–H and O–H groups in total. The Morgan fingerprint density at radius 3 is 2.59 bits per heavy atom. The summed E-state index contributed by atoms with van der Waals surface area (Å²) >= 11 is 1.56. The summed E-state index contributed by atoms with van der Waals surface area (Å²) in [6.45, 7) is 5.30. The van der Waals surface area contributed by atoms with Crippen LogP contribution in [0.5, 0.6) is 0 Å². The van der Waals surface area contributed by atoms with E-state index in [1.165, 1.54) is 5.56 Å². The van der Waals surface area contributed by atoms with E-state index in [0.717, 1.165) is 43.8 Å². The zero-order valence-corrected chi connectivity index (χ0v) is 19.1. The lowest BCUT2D eigenvalue weighted by Gasteiger charge is -2.32. The quantitative estimate of drug-likeness (QED) is 0.696. The molecular weight excluding hydrogens is 422 g/mol. The van der Waals surface area contributed by atoms with Crippen LogP contribution in [-0.2, 0) is 16.1 Å². The van der Waals surface area contributed by atoms with Gasteiger partial charge in [0, 0.05) is 48.1 Å². The Hall–Kier alpha value is -2.77. The molecular formula is C25H29N3O3S. The van der Waals surface area contributed by atoms with Gasteiger partial charge in [-0.2, -0.15) is 0 Å². The molecule has 2 aromatic rings. The zero-order valence-electron chi connectivity index (χ0n) is 18.3. The number of carbonyl (C=O) groups is 2. The normalized spacial score (nSPS) is 17.2. The predicted octanol–water partition coefficient (Wildman–Crippen LogP) is 3.93. The third-order valence-electron chi connectivity index (χ3n) is 5.79. The highest BCUT2D eigenvalue weighted by atomic mass is 32.2. The Morgan fingerprint density at radius 1 is 1.09 bits per heavy atom. The van der Waals surface area contributed by atoms with Gasteiger partial charge in [-0.15, -0.1) is 11.8 Å². The number of rotatable bonds is 6. The molecule has 2 heterocycles. The molecule has 0 aromatic heterocycles. The van der Waals surface area contributed by atoms with E-state index in [-0.39, 0.29) is 17.9 Å². The number of hydrogen-bond acceptors (Lipinski definition) is 5. The van der Waals surface area contributed by atoms with E-state index in [1.54, 1.807) is 29.3 Å². The van der Waals surface area contributed by atoms with Gasteiger partial charge in [-0.3, -0.25) is 14.5 Å². The van der Waals surface area contributed by atoms with E-state index < -0.39 is 0 Å². The van der Waals surface area contributed by atoms with Crippen molar-refractivity contribution in [3.05, 3.63) is 76.4 Å². The fourth-order valence-electron chi connectivity index (χ4n) is 3.92. The summed E-state index contributed by atoms with van der Waals surface area (Å²) in [6, 6.07) is 16.0. The van der Waals surface area contributed by atoms with E-state index in [9.17, 15) is 9.59 Å². The molecule has 7 heteroatoms. The van der Waals surface area contributed by atoms with Crippen molar-refractivity contribution in [1.82, 2.24) is 10.2 Å². The SMILES string of the molecule is Cc1ccc(C(=O)NC2CCN(Cc3ccccc3)CC2)cc1NC(=O)C1=CSCCO1. The van der Waals surface area contributed by atoms with E-state index in [2.05, 4.69) is 39.8 Å². The Kier molecular flexibility index (Phi) is 7.50. The summed E-state index contributed by atoms with van der Waals surface area (Å²) in [5.74, 6) is 0.767. The number of benzene rings is 2. The van der Waals surface area contributed by atoms with Crippen molar-refractivity contribution >= 4 is 29.3 Å². The molecule has 168 valence electrons. The predicted molar refractivity (Wildman–Crippen MR) is 129 cm³/mol. The third kappa shape index (κ3) is 5.93. The van der Waals surface area contributed by atoms with Gasteiger partial charge >= 0.3 is 0 Å². The first-order valence-electron chi connectivity index (χ1n) is 11.0. The van der Waals surface area contributed by atoms with E-state index >= 15 is 0 Å². The minimum Gasteiger partial charge on any atom is -0.487 e. The van der Waals surface area contributed by atoms with Crippen LogP contribution in [0.3, 0.4) is 0 Å². The fraction of sp³-hybridized carbons (Fsp3) is 0.360. The van der Waals surface area contributed by atoms with Crippen molar-refractivity contribution < 1.29 is 14.3 Å². The van der Waals surface area contributed by atoms with Crippen LogP contribution in [0.15, 0.2) is 59.7 Å². The molecule has 0 bridgehead atoms. The Morgan fingerprint density at radius 2 is 1.88 bits per heavy atom. The molecule has 1 fully saturated rings. The summed E-state index contributed by atoms with van der Waals surface area (Å²) in [5, 5.41) is 7.77. The van der Waals surface area contributed by atoms with Crippen LogP contribution in [0.4, 0.5) is 5.69 Å². The second kappa shape index (κ2) is 10.7. The molecule has 6 nitrogen and oxygen atoms in total. The monoisotopic (exact) mass is 451 g/mol. The number of carbonyl (C=O) groups excluding carboxylic acids is 2. The van der Waals surface area contributed by atoms with Crippen molar-refractivity contribution in [3.63, 3.8) is 0 Å².